The summed E-state index contributed by atoms with van der Waals surface area (Å²) in [6, 6.07) is 3.16. The molecule has 2 aromatic rings. The number of carbonyl (C=O) groups excluding carboxylic acids is 1. The van der Waals surface area contributed by atoms with Crippen molar-refractivity contribution in [3.8, 4) is 0 Å². The SMILES string of the molecule is O=C(c1cc(F)cnc1Cl)N1CCc2sccc2C1. The van der Waals surface area contributed by atoms with E-state index in [1.165, 1.54) is 4.88 Å². The predicted molar refractivity (Wildman–Crippen MR) is 72.0 cm³/mol. The third-order valence-electron chi connectivity index (χ3n) is 3.13. The zero-order valence-electron chi connectivity index (χ0n) is 9.90. The Hall–Kier alpha value is -1.46. The minimum absolute atomic E-state index is 0.0440. The van der Waals surface area contributed by atoms with Crippen LogP contribution < -0.4 is 0 Å². The van der Waals surface area contributed by atoms with Crippen molar-refractivity contribution >= 4 is 28.8 Å². The highest BCUT2D eigenvalue weighted by molar-refractivity contribution is 7.10. The number of hydrogen-bond donors (Lipinski definition) is 0. The topological polar surface area (TPSA) is 33.2 Å². The lowest BCUT2D eigenvalue weighted by molar-refractivity contribution is 0.0735. The molecule has 0 unspecified atom stereocenters. The number of nitrogens with zero attached hydrogens (tertiary/aromatic N) is 2. The average molecular weight is 297 g/mol. The Bertz CT molecular complexity index is 643. The minimum Gasteiger partial charge on any atom is -0.334 e. The summed E-state index contributed by atoms with van der Waals surface area (Å²) in [4.78, 5) is 19.0. The lowest BCUT2D eigenvalue weighted by Gasteiger charge is -2.27. The van der Waals surface area contributed by atoms with Crippen LogP contribution in [-0.4, -0.2) is 22.3 Å². The number of aromatic nitrogens is 1. The number of pyridine rings is 1. The second-order valence-corrected chi connectivity index (χ2v) is 5.70. The smallest absolute Gasteiger partial charge is 0.257 e. The van der Waals surface area contributed by atoms with Crippen LogP contribution >= 0.6 is 22.9 Å². The summed E-state index contributed by atoms with van der Waals surface area (Å²) < 4.78 is 13.2. The minimum atomic E-state index is -0.555. The molecule has 0 saturated carbocycles. The van der Waals surface area contributed by atoms with E-state index in [1.54, 1.807) is 16.2 Å². The molecule has 3 nitrogen and oxygen atoms in total. The number of carbonyl (C=O) groups is 1. The summed E-state index contributed by atoms with van der Waals surface area (Å²) >= 11 is 7.57. The molecular weight excluding hydrogens is 287 g/mol. The molecule has 1 aliphatic rings. The molecule has 0 N–H and O–H groups in total. The molecule has 3 rings (SSSR count). The fourth-order valence-corrected chi connectivity index (χ4v) is 3.24. The second kappa shape index (κ2) is 4.90. The Morgan fingerprint density at radius 3 is 3.21 bits per heavy atom. The van der Waals surface area contributed by atoms with Crippen LogP contribution in [0.15, 0.2) is 23.7 Å². The molecule has 6 heteroatoms. The number of halogens is 2. The Labute approximate surface area is 118 Å². The van der Waals surface area contributed by atoms with E-state index in [4.69, 9.17) is 11.6 Å². The number of fused-ring (bicyclic) bond motifs is 1. The van der Waals surface area contributed by atoms with Crippen LogP contribution in [0.1, 0.15) is 20.8 Å². The van der Waals surface area contributed by atoms with E-state index in [-0.39, 0.29) is 16.6 Å². The van der Waals surface area contributed by atoms with Gasteiger partial charge in [0, 0.05) is 18.0 Å². The summed E-state index contributed by atoms with van der Waals surface area (Å²) in [7, 11) is 0. The van der Waals surface area contributed by atoms with Crippen molar-refractivity contribution in [3.05, 3.63) is 50.7 Å². The fourth-order valence-electron chi connectivity index (χ4n) is 2.16. The molecule has 0 aliphatic carbocycles. The largest absolute Gasteiger partial charge is 0.334 e. The van der Waals surface area contributed by atoms with Gasteiger partial charge in [0.15, 0.2) is 0 Å². The van der Waals surface area contributed by atoms with Crippen LogP contribution in [0.5, 0.6) is 0 Å². The van der Waals surface area contributed by atoms with Gasteiger partial charge in [-0.3, -0.25) is 4.79 Å². The van der Waals surface area contributed by atoms with E-state index >= 15 is 0 Å². The third-order valence-corrected chi connectivity index (χ3v) is 4.46. The van der Waals surface area contributed by atoms with Crippen molar-refractivity contribution < 1.29 is 9.18 Å². The highest BCUT2D eigenvalue weighted by Gasteiger charge is 2.24. The summed E-state index contributed by atoms with van der Waals surface area (Å²) in [5.74, 6) is -0.824. The van der Waals surface area contributed by atoms with Gasteiger partial charge in [-0.2, -0.15) is 0 Å². The number of hydrogen-bond acceptors (Lipinski definition) is 3. The van der Waals surface area contributed by atoms with Gasteiger partial charge >= 0.3 is 0 Å². The third kappa shape index (κ3) is 2.35. The normalized spacial score (nSPS) is 14.3. The molecule has 0 bridgehead atoms. The van der Waals surface area contributed by atoms with Gasteiger partial charge in [0.25, 0.3) is 5.91 Å². The molecule has 0 fully saturated rings. The lowest BCUT2D eigenvalue weighted by atomic mass is 10.1. The zero-order valence-corrected chi connectivity index (χ0v) is 11.5. The quantitative estimate of drug-likeness (QED) is 0.758. The Balaban J connectivity index is 1.87. The van der Waals surface area contributed by atoms with Crippen molar-refractivity contribution in [1.82, 2.24) is 9.88 Å². The predicted octanol–water partition coefficient (Wildman–Crippen LogP) is 3.13. The molecule has 0 atom stereocenters. The molecule has 1 amide bonds. The van der Waals surface area contributed by atoms with Crippen LogP contribution in [0.4, 0.5) is 4.39 Å². The fraction of sp³-hybridized carbons (Fsp3) is 0.231. The average Bonchev–Trinajstić information content (AvgIpc) is 2.88. The zero-order chi connectivity index (χ0) is 13.4. The van der Waals surface area contributed by atoms with Gasteiger partial charge in [0.05, 0.1) is 11.8 Å². The molecular formula is C13H10ClFN2OS. The van der Waals surface area contributed by atoms with Crippen molar-refractivity contribution in [2.45, 2.75) is 13.0 Å². The van der Waals surface area contributed by atoms with E-state index in [2.05, 4.69) is 4.98 Å². The van der Waals surface area contributed by atoms with E-state index in [0.717, 1.165) is 24.2 Å². The summed E-state index contributed by atoms with van der Waals surface area (Å²) in [6.45, 7) is 1.17. The van der Waals surface area contributed by atoms with Crippen LogP contribution in [0.3, 0.4) is 0 Å². The second-order valence-electron chi connectivity index (χ2n) is 4.34. The van der Waals surface area contributed by atoms with Crippen molar-refractivity contribution in [2.24, 2.45) is 0 Å². The summed E-state index contributed by atoms with van der Waals surface area (Å²) in [6.07, 6.45) is 1.84. The van der Waals surface area contributed by atoms with Gasteiger partial charge in [-0.05, 0) is 29.5 Å². The van der Waals surface area contributed by atoms with Crippen LogP contribution in [-0.2, 0) is 13.0 Å². The van der Waals surface area contributed by atoms with Crippen LogP contribution in [0, 0.1) is 5.82 Å². The molecule has 0 spiro atoms. The first-order valence-electron chi connectivity index (χ1n) is 5.80. The molecule has 3 heterocycles. The van der Waals surface area contributed by atoms with Crippen LogP contribution in [0.2, 0.25) is 5.15 Å². The molecule has 0 aromatic carbocycles. The maximum absolute atomic E-state index is 13.2. The molecule has 19 heavy (non-hydrogen) atoms. The molecule has 2 aromatic heterocycles. The molecule has 1 aliphatic heterocycles. The molecule has 0 radical (unpaired) electrons. The highest BCUT2D eigenvalue weighted by Crippen LogP contribution is 2.26. The Morgan fingerprint density at radius 1 is 1.53 bits per heavy atom. The standard InChI is InChI=1S/C13H10ClFN2OS/c14-12-10(5-9(15)6-16-12)13(18)17-3-1-11-8(7-17)2-4-19-11/h2,4-6H,1,3,7H2. The van der Waals surface area contributed by atoms with Gasteiger partial charge in [-0.1, -0.05) is 11.6 Å². The van der Waals surface area contributed by atoms with E-state index in [9.17, 15) is 9.18 Å². The number of rotatable bonds is 1. The Kier molecular flexibility index (Phi) is 3.24. The lowest BCUT2D eigenvalue weighted by Crippen LogP contribution is -2.35. The van der Waals surface area contributed by atoms with Gasteiger partial charge in [-0.15, -0.1) is 11.3 Å². The maximum atomic E-state index is 13.2. The maximum Gasteiger partial charge on any atom is 0.257 e. The van der Waals surface area contributed by atoms with Crippen molar-refractivity contribution in [1.29, 1.82) is 0 Å². The monoisotopic (exact) mass is 296 g/mol. The van der Waals surface area contributed by atoms with E-state index in [1.807, 2.05) is 11.4 Å². The van der Waals surface area contributed by atoms with Gasteiger partial charge in [0.2, 0.25) is 0 Å². The highest BCUT2D eigenvalue weighted by atomic mass is 35.5. The summed E-state index contributed by atoms with van der Waals surface area (Å²) in [5.41, 5.74) is 1.28. The van der Waals surface area contributed by atoms with E-state index in [0.29, 0.717) is 13.1 Å². The van der Waals surface area contributed by atoms with Crippen molar-refractivity contribution in [2.75, 3.05) is 6.54 Å². The first-order chi connectivity index (χ1) is 9.15. The number of thiophene rings is 1. The van der Waals surface area contributed by atoms with Gasteiger partial charge < -0.3 is 4.90 Å². The first kappa shape index (κ1) is 12.6. The Morgan fingerprint density at radius 2 is 2.37 bits per heavy atom. The first-order valence-corrected chi connectivity index (χ1v) is 7.06. The van der Waals surface area contributed by atoms with Crippen LogP contribution in [0.25, 0.3) is 0 Å². The number of amides is 1. The van der Waals surface area contributed by atoms with E-state index < -0.39 is 5.82 Å². The summed E-state index contributed by atoms with van der Waals surface area (Å²) in [5, 5.41) is 2.07. The van der Waals surface area contributed by atoms with Crippen molar-refractivity contribution in [3.63, 3.8) is 0 Å². The molecule has 98 valence electrons. The van der Waals surface area contributed by atoms with Gasteiger partial charge in [0.1, 0.15) is 11.0 Å². The molecule has 0 saturated heterocycles. The van der Waals surface area contributed by atoms with Gasteiger partial charge in [-0.25, -0.2) is 9.37 Å².